The fourth-order valence-electron chi connectivity index (χ4n) is 4.03. The maximum atomic E-state index is 13.0. The summed E-state index contributed by atoms with van der Waals surface area (Å²) in [5, 5.41) is 2.93. The minimum Gasteiger partial charge on any atom is -0.340 e. The largest absolute Gasteiger partial charge is 0.340 e. The molecule has 1 unspecified atom stereocenters. The van der Waals surface area contributed by atoms with Crippen molar-refractivity contribution in [3.8, 4) is 0 Å². The number of hydrogen-bond acceptors (Lipinski definition) is 5. The second-order valence-electron chi connectivity index (χ2n) is 8.38. The molecule has 0 aliphatic carbocycles. The van der Waals surface area contributed by atoms with Crippen LogP contribution in [0.15, 0.2) is 24.3 Å². The second-order valence-corrected chi connectivity index (χ2v) is 10.6. The van der Waals surface area contributed by atoms with E-state index >= 15 is 0 Å². The molecule has 1 N–H and O–H groups in total. The number of benzene rings is 1. The third-order valence-corrected chi connectivity index (χ3v) is 6.71. The van der Waals surface area contributed by atoms with Crippen LogP contribution in [-0.2, 0) is 14.6 Å². The Morgan fingerprint density at radius 3 is 2.50 bits per heavy atom. The molecule has 0 radical (unpaired) electrons. The highest BCUT2D eigenvalue weighted by Gasteiger charge is 2.32. The standard InChI is InChI=1S/C21H32N4O4S/c1-17-5-3-7-19(15-17)22-21(27)25-8-4-6-18(16-25)20(26)24-11-9-23(10-12-24)13-14-30(2,28)29/h3,5,7,15,18H,4,6,8-14,16H2,1-2H3,(H,22,27). The number of urea groups is 1. The summed E-state index contributed by atoms with van der Waals surface area (Å²) in [5.74, 6) is 0.0737. The van der Waals surface area contributed by atoms with Crippen molar-refractivity contribution in [2.24, 2.45) is 5.92 Å². The maximum Gasteiger partial charge on any atom is 0.321 e. The van der Waals surface area contributed by atoms with E-state index in [1.54, 1.807) is 4.90 Å². The van der Waals surface area contributed by atoms with Crippen molar-refractivity contribution in [3.63, 3.8) is 0 Å². The molecule has 2 heterocycles. The number of aryl methyl sites for hydroxylation is 1. The predicted octanol–water partition coefficient (Wildman–Crippen LogP) is 1.43. The van der Waals surface area contributed by atoms with E-state index in [4.69, 9.17) is 0 Å². The number of rotatable bonds is 5. The first-order valence-corrected chi connectivity index (χ1v) is 12.6. The number of nitrogens with one attached hydrogen (secondary N) is 1. The van der Waals surface area contributed by atoms with Crippen molar-refractivity contribution in [3.05, 3.63) is 29.8 Å². The van der Waals surface area contributed by atoms with Gasteiger partial charge in [0, 0.05) is 57.8 Å². The maximum absolute atomic E-state index is 13.0. The van der Waals surface area contributed by atoms with Crippen LogP contribution in [0.25, 0.3) is 0 Å². The number of carbonyl (C=O) groups excluding carboxylic acids is 2. The van der Waals surface area contributed by atoms with E-state index in [-0.39, 0.29) is 23.6 Å². The lowest BCUT2D eigenvalue weighted by Gasteiger charge is -2.39. The molecule has 2 fully saturated rings. The SMILES string of the molecule is Cc1cccc(NC(=O)N2CCCC(C(=O)N3CCN(CCS(C)(=O)=O)CC3)C2)c1. The van der Waals surface area contributed by atoms with Gasteiger partial charge in [0.1, 0.15) is 9.84 Å². The van der Waals surface area contributed by atoms with E-state index in [1.807, 2.05) is 36.1 Å². The molecule has 2 aliphatic rings. The van der Waals surface area contributed by atoms with Crippen LogP contribution >= 0.6 is 0 Å². The molecule has 1 aromatic carbocycles. The van der Waals surface area contributed by atoms with Gasteiger partial charge in [-0.15, -0.1) is 0 Å². The smallest absolute Gasteiger partial charge is 0.321 e. The lowest BCUT2D eigenvalue weighted by atomic mass is 9.96. The highest BCUT2D eigenvalue weighted by molar-refractivity contribution is 7.90. The monoisotopic (exact) mass is 436 g/mol. The van der Waals surface area contributed by atoms with Gasteiger partial charge in [-0.1, -0.05) is 12.1 Å². The molecule has 3 rings (SSSR count). The van der Waals surface area contributed by atoms with Gasteiger partial charge >= 0.3 is 6.03 Å². The Labute approximate surface area is 179 Å². The summed E-state index contributed by atoms with van der Waals surface area (Å²) >= 11 is 0. The number of nitrogens with zero attached hydrogens (tertiary/aromatic N) is 3. The Hall–Kier alpha value is -2.13. The first-order chi connectivity index (χ1) is 14.2. The average molecular weight is 437 g/mol. The van der Waals surface area contributed by atoms with Crippen molar-refractivity contribution < 1.29 is 18.0 Å². The molecule has 3 amide bonds. The molecule has 9 heteroatoms. The number of likely N-dealkylation sites (tertiary alicyclic amines) is 1. The van der Waals surface area contributed by atoms with E-state index in [1.165, 1.54) is 6.26 Å². The Morgan fingerprint density at radius 1 is 1.10 bits per heavy atom. The fraction of sp³-hybridized carbons (Fsp3) is 0.619. The molecule has 166 valence electrons. The van der Waals surface area contributed by atoms with Crippen molar-refractivity contribution in [2.75, 3.05) is 63.1 Å². The van der Waals surface area contributed by atoms with Crippen LogP contribution in [0.4, 0.5) is 10.5 Å². The van der Waals surface area contributed by atoms with Gasteiger partial charge in [0.05, 0.1) is 11.7 Å². The van der Waals surface area contributed by atoms with Gasteiger partial charge in [-0.2, -0.15) is 0 Å². The summed E-state index contributed by atoms with van der Waals surface area (Å²) < 4.78 is 22.7. The normalized spacial score (nSPS) is 20.8. The average Bonchev–Trinajstić information content (AvgIpc) is 2.72. The van der Waals surface area contributed by atoms with Crippen LogP contribution in [-0.4, -0.2) is 92.9 Å². The zero-order valence-corrected chi connectivity index (χ0v) is 18.7. The van der Waals surface area contributed by atoms with Crippen LogP contribution in [0.3, 0.4) is 0 Å². The first-order valence-electron chi connectivity index (χ1n) is 10.5. The van der Waals surface area contributed by atoms with Crippen molar-refractivity contribution in [2.45, 2.75) is 19.8 Å². The van der Waals surface area contributed by atoms with Crippen LogP contribution in [0.2, 0.25) is 0 Å². The molecule has 30 heavy (non-hydrogen) atoms. The van der Waals surface area contributed by atoms with Crippen LogP contribution < -0.4 is 5.32 Å². The number of hydrogen-bond donors (Lipinski definition) is 1. The van der Waals surface area contributed by atoms with E-state index in [2.05, 4.69) is 10.2 Å². The molecule has 2 saturated heterocycles. The molecule has 0 bridgehead atoms. The lowest BCUT2D eigenvalue weighted by Crippen LogP contribution is -2.53. The summed E-state index contributed by atoms with van der Waals surface area (Å²) in [6.07, 6.45) is 2.85. The third-order valence-electron chi connectivity index (χ3n) is 5.79. The molecule has 2 aliphatic heterocycles. The quantitative estimate of drug-likeness (QED) is 0.754. The van der Waals surface area contributed by atoms with Crippen LogP contribution in [0, 0.1) is 12.8 Å². The third kappa shape index (κ3) is 6.43. The first kappa shape index (κ1) is 22.6. The molecular weight excluding hydrogens is 404 g/mol. The number of piperidine rings is 1. The van der Waals surface area contributed by atoms with Crippen molar-refractivity contribution >= 4 is 27.5 Å². The van der Waals surface area contributed by atoms with Gasteiger partial charge in [0.2, 0.25) is 5.91 Å². The van der Waals surface area contributed by atoms with Gasteiger partial charge in [0.25, 0.3) is 0 Å². The molecule has 1 aromatic rings. The molecule has 1 atom stereocenters. The Kier molecular flexibility index (Phi) is 7.36. The van der Waals surface area contributed by atoms with E-state index in [9.17, 15) is 18.0 Å². The van der Waals surface area contributed by atoms with Gasteiger partial charge in [-0.3, -0.25) is 9.69 Å². The van der Waals surface area contributed by atoms with Gasteiger partial charge in [-0.25, -0.2) is 13.2 Å². The molecule has 0 saturated carbocycles. The summed E-state index contributed by atoms with van der Waals surface area (Å²) in [6.45, 7) is 6.16. The van der Waals surface area contributed by atoms with Gasteiger partial charge < -0.3 is 15.1 Å². The minimum absolute atomic E-state index is 0.103. The van der Waals surface area contributed by atoms with E-state index in [0.29, 0.717) is 45.8 Å². The zero-order valence-electron chi connectivity index (χ0n) is 17.8. The Morgan fingerprint density at radius 2 is 1.83 bits per heavy atom. The number of carbonyl (C=O) groups is 2. The van der Waals surface area contributed by atoms with Crippen LogP contribution in [0.1, 0.15) is 18.4 Å². The highest BCUT2D eigenvalue weighted by atomic mass is 32.2. The van der Waals surface area contributed by atoms with Crippen molar-refractivity contribution in [1.29, 1.82) is 0 Å². The summed E-state index contributed by atoms with van der Waals surface area (Å²) in [4.78, 5) is 31.3. The second kappa shape index (κ2) is 9.78. The summed E-state index contributed by atoms with van der Waals surface area (Å²) in [6, 6.07) is 7.51. The molecular formula is C21H32N4O4S. The zero-order chi connectivity index (χ0) is 21.7. The van der Waals surface area contributed by atoms with E-state index < -0.39 is 9.84 Å². The van der Waals surface area contributed by atoms with Gasteiger partial charge in [-0.05, 0) is 37.5 Å². The summed E-state index contributed by atoms with van der Waals surface area (Å²) in [7, 11) is -2.98. The summed E-state index contributed by atoms with van der Waals surface area (Å²) in [5.41, 5.74) is 1.84. The lowest BCUT2D eigenvalue weighted by molar-refractivity contribution is -0.138. The topological polar surface area (TPSA) is 90.0 Å². The van der Waals surface area contributed by atoms with Crippen molar-refractivity contribution in [1.82, 2.24) is 14.7 Å². The number of anilines is 1. The highest BCUT2D eigenvalue weighted by Crippen LogP contribution is 2.21. The minimum atomic E-state index is -2.98. The molecule has 0 spiro atoms. The van der Waals surface area contributed by atoms with Gasteiger partial charge in [0.15, 0.2) is 0 Å². The number of piperazine rings is 1. The van der Waals surface area contributed by atoms with E-state index in [0.717, 1.165) is 24.1 Å². The van der Waals surface area contributed by atoms with Crippen LogP contribution in [0.5, 0.6) is 0 Å². The Balaban J connectivity index is 1.49. The Bertz CT molecular complexity index is 866. The molecule has 8 nitrogen and oxygen atoms in total. The number of sulfone groups is 1. The fourth-order valence-corrected chi connectivity index (χ4v) is 4.62. The number of amides is 3. The predicted molar refractivity (Wildman–Crippen MR) is 117 cm³/mol. The molecule has 0 aromatic heterocycles.